The lowest BCUT2D eigenvalue weighted by Crippen LogP contribution is -2.52. The van der Waals surface area contributed by atoms with E-state index in [4.69, 9.17) is 9.84 Å². The zero-order valence-electron chi connectivity index (χ0n) is 12.3. The van der Waals surface area contributed by atoms with Crippen molar-refractivity contribution in [1.82, 2.24) is 10.6 Å². The third-order valence-electron chi connectivity index (χ3n) is 2.56. The maximum absolute atomic E-state index is 11.6. The van der Waals surface area contributed by atoms with Crippen LogP contribution in [0.4, 0.5) is 4.79 Å². The highest BCUT2D eigenvalue weighted by Gasteiger charge is 2.32. The van der Waals surface area contributed by atoms with E-state index in [1.807, 2.05) is 0 Å². The molecule has 0 unspecified atom stereocenters. The van der Waals surface area contributed by atoms with E-state index in [1.165, 1.54) is 0 Å². The van der Waals surface area contributed by atoms with E-state index in [0.29, 0.717) is 19.8 Å². The Morgan fingerprint density at radius 1 is 1.26 bits per heavy atom. The lowest BCUT2D eigenvalue weighted by Gasteiger charge is -2.27. The number of nitrogens with one attached hydrogen (secondary N) is 2. The average Bonchev–Trinajstić information content (AvgIpc) is 2.28. The molecule has 0 bridgehead atoms. The maximum Gasteiger partial charge on any atom is 0.326 e. The van der Waals surface area contributed by atoms with Gasteiger partial charge in [0.25, 0.3) is 0 Å². The quantitative estimate of drug-likeness (QED) is 0.587. The van der Waals surface area contributed by atoms with Gasteiger partial charge in [-0.25, -0.2) is 9.59 Å². The molecule has 6 heteroatoms. The molecule has 0 heterocycles. The summed E-state index contributed by atoms with van der Waals surface area (Å²) in [6, 6.07) is -1.41. The second-order valence-corrected chi connectivity index (χ2v) is 5.50. The summed E-state index contributed by atoms with van der Waals surface area (Å²) < 4.78 is 5.29. The molecule has 3 N–H and O–H groups in total. The number of amides is 2. The molecule has 2 amide bonds. The van der Waals surface area contributed by atoms with Crippen LogP contribution in [0.5, 0.6) is 0 Å². The Kier molecular flexibility index (Phi) is 8.14. The van der Waals surface area contributed by atoms with Crippen LogP contribution in [0.15, 0.2) is 0 Å². The van der Waals surface area contributed by atoms with Crippen LogP contribution in [-0.4, -0.2) is 42.9 Å². The molecule has 0 saturated carbocycles. The van der Waals surface area contributed by atoms with Gasteiger partial charge in [0.05, 0.1) is 6.61 Å². The molecule has 0 aliphatic carbocycles. The predicted octanol–water partition coefficient (Wildman–Crippen LogP) is 1.60. The maximum atomic E-state index is 11.6. The Morgan fingerprint density at radius 3 is 2.37 bits per heavy atom. The smallest absolute Gasteiger partial charge is 0.326 e. The van der Waals surface area contributed by atoms with Gasteiger partial charge in [0.1, 0.15) is 6.04 Å². The zero-order chi connectivity index (χ0) is 14.9. The minimum atomic E-state index is -1.04. The molecule has 1 atom stereocenters. The Bertz CT molecular complexity index is 287. The molecule has 6 nitrogen and oxygen atoms in total. The minimum absolute atomic E-state index is 0.367. The summed E-state index contributed by atoms with van der Waals surface area (Å²) in [4.78, 5) is 22.6. The van der Waals surface area contributed by atoms with Crippen LogP contribution in [0.3, 0.4) is 0 Å². The first-order valence-corrected chi connectivity index (χ1v) is 6.64. The Morgan fingerprint density at radius 2 is 1.89 bits per heavy atom. The number of aliphatic carboxylic acids is 1. The zero-order valence-corrected chi connectivity index (χ0v) is 12.3. The van der Waals surface area contributed by atoms with Crippen LogP contribution < -0.4 is 10.6 Å². The number of ether oxygens (including phenoxy) is 1. The molecule has 0 rings (SSSR count). The molecule has 0 aromatic carbocycles. The van der Waals surface area contributed by atoms with Gasteiger partial charge >= 0.3 is 12.0 Å². The van der Waals surface area contributed by atoms with Crippen LogP contribution in [0.1, 0.15) is 40.5 Å². The molecular formula is C13H26N2O4. The Balaban J connectivity index is 3.92. The van der Waals surface area contributed by atoms with Crippen molar-refractivity contribution in [3.05, 3.63) is 0 Å². The molecule has 0 spiro atoms. The van der Waals surface area contributed by atoms with E-state index in [0.717, 1.165) is 12.8 Å². The molecule has 19 heavy (non-hydrogen) atoms. The first-order chi connectivity index (χ1) is 8.79. The molecule has 0 aromatic heterocycles. The van der Waals surface area contributed by atoms with E-state index in [2.05, 4.69) is 17.6 Å². The summed E-state index contributed by atoms with van der Waals surface area (Å²) in [5.74, 6) is -1.04. The number of hydrogen-bond donors (Lipinski definition) is 3. The van der Waals surface area contributed by atoms with Crippen LogP contribution in [0.25, 0.3) is 0 Å². The summed E-state index contributed by atoms with van der Waals surface area (Å²) in [5, 5.41) is 14.1. The van der Waals surface area contributed by atoms with Gasteiger partial charge in [-0.3, -0.25) is 0 Å². The molecule has 0 radical (unpaired) electrons. The Hall–Kier alpha value is -1.30. The number of unbranched alkanes of at least 4 members (excludes halogenated alkanes) is 1. The highest BCUT2D eigenvalue weighted by molar-refractivity contribution is 5.83. The fourth-order valence-corrected chi connectivity index (χ4v) is 1.42. The highest BCUT2D eigenvalue weighted by Crippen LogP contribution is 2.19. The summed E-state index contributed by atoms with van der Waals surface area (Å²) in [7, 11) is 0. The topological polar surface area (TPSA) is 87.7 Å². The number of carbonyl (C=O) groups is 2. The van der Waals surface area contributed by atoms with Gasteiger partial charge < -0.3 is 20.5 Å². The lowest BCUT2D eigenvalue weighted by atomic mass is 9.87. The van der Waals surface area contributed by atoms with Crippen molar-refractivity contribution in [3.63, 3.8) is 0 Å². The standard InChI is InChI=1S/C13H26N2O4/c1-5-6-8-19-9-7-14-12(18)15-10(11(16)17)13(2,3)4/h10H,5-9H2,1-4H3,(H,16,17)(H2,14,15,18)/t10-/m0/s1. The van der Waals surface area contributed by atoms with Crippen molar-refractivity contribution in [2.45, 2.75) is 46.6 Å². The first kappa shape index (κ1) is 17.7. The molecule has 0 aliphatic heterocycles. The largest absolute Gasteiger partial charge is 0.480 e. The van der Waals surface area contributed by atoms with E-state index in [-0.39, 0.29) is 0 Å². The number of carboxylic acid groups (broad SMARTS) is 1. The SMILES string of the molecule is CCCCOCCNC(=O)N[C@@H](C(=O)O)C(C)(C)C. The van der Waals surface area contributed by atoms with Crippen molar-refractivity contribution < 1.29 is 19.4 Å². The summed E-state index contributed by atoms with van der Waals surface area (Å²) in [5.41, 5.74) is -0.541. The lowest BCUT2D eigenvalue weighted by molar-refractivity contribution is -0.141. The minimum Gasteiger partial charge on any atom is -0.480 e. The molecule has 112 valence electrons. The van der Waals surface area contributed by atoms with Crippen LogP contribution in [0.2, 0.25) is 0 Å². The normalized spacial score (nSPS) is 12.8. The van der Waals surface area contributed by atoms with Gasteiger partial charge in [0, 0.05) is 13.2 Å². The number of rotatable bonds is 8. The molecule has 0 saturated heterocycles. The van der Waals surface area contributed by atoms with Gasteiger partial charge in [-0.15, -0.1) is 0 Å². The Labute approximate surface area is 114 Å². The van der Waals surface area contributed by atoms with E-state index >= 15 is 0 Å². The third-order valence-corrected chi connectivity index (χ3v) is 2.56. The first-order valence-electron chi connectivity index (χ1n) is 6.64. The van der Waals surface area contributed by atoms with Gasteiger partial charge in [0.15, 0.2) is 0 Å². The molecule has 0 aromatic rings. The molecular weight excluding hydrogens is 248 g/mol. The van der Waals surface area contributed by atoms with Crippen molar-refractivity contribution in [2.75, 3.05) is 19.8 Å². The second-order valence-electron chi connectivity index (χ2n) is 5.50. The van der Waals surface area contributed by atoms with Crippen LogP contribution >= 0.6 is 0 Å². The van der Waals surface area contributed by atoms with Crippen molar-refractivity contribution in [2.24, 2.45) is 5.41 Å². The highest BCUT2D eigenvalue weighted by atomic mass is 16.5. The summed E-state index contributed by atoms with van der Waals surface area (Å²) in [6.07, 6.45) is 2.07. The van der Waals surface area contributed by atoms with Gasteiger partial charge in [-0.1, -0.05) is 34.1 Å². The van der Waals surface area contributed by atoms with Crippen LogP contribution in [0, 0.1) is 5.41 Å². The fraction of sp³-hybridized carbons (Fsp3) is 0.846. The van der Waals surface area contributed by atoms with Crippen LogP contribution in [-0.2, 0) is 9.53 Å². The van der Waals surface area contributed by atoms with E-state index in [9.17, 15) is 9.59 Å². The van der Waals surface area contributed by atoms with E-state index in [1.54, 1.807) is 20.8 Å². The number of carboxylic acids is 1. The molecule has 0 fully saturated rings. The molecule has 0 aliphatic rings. The van der Waals surface area contributed by atoms with Crippen molar-refractivity contribution >= 4 is 12.0 Å². The van der Waals surface area contributed by atoms with Gasteiger partial charge in [0.2, 0.25) is 0 Å². The second kappa shape index (κ2) is 8.74. The van der Waals surface area contributed by atoms with Gasteiger partial charge in [-0.2, -0.15) is 0 Å². The average molecular weight is 274 g/mol. The number of urea groups is 1. The third kappa shape index (κ3) is 8.42. The predicted molar refractivity (Wildman–Crippen MR) is 73.1 cm³/mol. The summed E-state index contributed by atoms with van der Waals surface area (Å²) in [6.45, 7) is 8.85. The van der Waals surface area contributed by atoms with E-state index < -0.39 is 23.5 Å². The van der Waals surface area contributed by atoms with Crippen molar-refractivity contribution in [1.29, 1.82) is 0 Å². The number of carbonyl (C=O) groups excluding carboxylic acids is 1. The fourth-order valence-electron chi connectivity index (χ4n) is 1.42. The van der Waals surface area contributed by atoms with Crippen molar-refractivity contribution in [3.8, 4) is 0 Å². The monoisotopic (exact) mass is 274 g/mol. The summed E-state index contributed by atoms with van der Waals surface area (Å²) >= 11 is 0. The van der Waals surface area contributed by atoms with Gasteiger partial charge in [-0.05, 0) is 11.8 Å². The number of hydrogen-bond acceptors (Lipinski definition) is 3.